The van der Waals surface area contributed by atoms with Crippen molar-refractivity contribution < 1.29 is 33.3 Å². The van der Waals surface area contributed by atoms with Crippen LogP contribution in [0.2, 0.25) is 0 Å². The van der Waals surface area contributed by atoms with Gasteiger partial charge in [-0.1, -0.05) is 56.3 Å². The maximum absolute atomic E-state index is 13.1. The zero-order chi connectivity index (χ0) is 37.3. The Labute approximate surface area is 309 Å². The van der Waals surface area contributed by atoms with Gasteiger partial charge in [0.1, 0.15) is 17.1 Å². The summed E-state index contributed by atoms with van der Waals surface area (Å²) >= 11 is 0. The third-order valence-electron chi connectivity index (χ3n) is 9.61. The van der Waals surface area contributed by atoms with Gasteiger partial charge in [0.05, 0.1) is 46.2 Å². The van der Waals surface area contributed by atoms with Crippen molar-refractivity contribution in [3.05, 3.63) is 89.0 Å². The molecule has 0 aromatic heterocycles. The van der Waals surface area contributed by atoms with Crippen LogP contribution in [-0.2, 0) is 37.6 Å². The molecule has 3 aromatic carbocycles. The van der Waals surface area contributed by atoms with Gasteiger partial charge in [-0.25, -0.2) is 4.79 Å². The fourth-order valence-corrected chi connectivity index (χ4v) is 7.04. The summed E-state index contributed by atoms with van der Waals surface area (Å²) in [5, 5.41) is 2.93. The van der Waals surface area contributed by atoms with Crippen LogP contribution in [0, 0.1) is 0 Å². The summed E-state index contributed by atoms with van der Waals surface area (Å²) in [5.74, 6) is 1.71. The smallest absolute Gasteiger partial charge is 0.410 e. The molecule has 282 valence electrons. The monoisotopic (exact) mass is 715 g/mol. The maximum Gasteiger partial charge on any atom is 0.410 e. The van der Waals surface area contributed by atoms with Crippen molar-refractivity contribution in [3.63, 3.8) is 0 Å². The number of nitrogens with zero attached hydrogens (tertiary/aromatic N) is 2. The van der Waals surface area contributed by atoms with Crippen LogP contribution < -0.4 is 19.7 Å². The average molecular weight is 716 g/mol. The van der Waals surface area contributed by atoms with Gasteiger partial charge >= 0.3 is 6.09 Å². The number of carbonyl (C=O) groups excluding carboxylic acids is 2. The number of para-hydroxylation sites is 1. The quantitative estimate of drug-likeness (QED) is 0.165. The number of benzene rings is 3. The number of hydrogen-bond acceptors (Lipinski definition) is 8. The fraction of sp³-hybridized carbons (Fsp3) is 0.524. The van der Waals surface area contributed by atoms with Crippen molar-refractivity contribution in [2.45, 2.75) is 90.6 Å². The van der Waals surface area contributed by atoms with E-state index in [9.17, 15) is 9.59 Å². The molecule has 1 fully saturated rings. The Morgan fingerprint density at radius 1 is 0.981 bits per heavy atom. The summed E-state index contributed by atoms with van der Waals surface area (Å²) in [6.07, 6.45) is 0.977. The van der Waals surface area contributed by atoms with Gasteiger partial charge < -0.3 is 38.8 Å². The van der Waals surface area contributed by atoms with Crippen LogP contribution >= 0.6 is 0 Å². The molecule has 2 atom stereocenters. The molecule has 2 amide bonds. The van der Waals surface area contributed by atoms with Crippen molar-refractivity contribution in [2.75, 3.05) is 57.9 Å². The molecular formula is C42H57N3O7. The van der Waals surface area contributed by atoms with Crippen LogP contribution in [0.15, 0.2) is 66.7 Å². The minimum Gasteiger partial charge on any atom is -0.496 e. The summed E-state index contributed by atoms with van der Waals surface area (Å²) in [6, 6.07) is 22.7. The number of nitrogens with one attached hydrogen (secondary N) is 1. The summed E-state index contributed by atoms with van der Waals surface area (Å²) in [4.78, 5) is 28.7. The molecule has 0 aliphatic carbocycles. The van der Waals surface area contributed by atoms with Gasteiger partial charge in [-0.05, 0) is 68.1 Å². The van der Waals surface area contributed by atoms with E-state index < -0.39 is 5.60 Å². The lowest BCUT2D eigenvalue weighted by Crippen LogP contribution is -2.48. The van der Waals surface area contributed by atoms with E-state index in [4.69, 9.17) is 23.7 Å². The standard InChI is InChI=1S/C42H57N3O7/c1-30(46)43-20-22-45-29-42(5,6)36-18-13-31(25-37(36)45)27-51-39-26-44(40(47)52-41(2,3)4)21-19-35(39)32-14-16-34(17-15-32)50-24-10-23-49-28-33-11-8-9-12-38(33)48-7/h8-9,11-18,25,35,39H,10,19-24,26-29H2,1-7H3,(H,43,46). The number of carbonyl (C=O) groups is 2. The lowest BCUT2D eigenvalue weighted by atomic mass is 9.86. The third-order valence-corrected chi connectivity index (χ3v) is 9.61. The molecule has 2 unspecified atom stereocenters. The van der Waals surface area contributed by atoms with Crippen molar-refractivity contribution in [1.29, 1.82) is 0 Å². The van der Waals surface area contributed by atoms with E-state index in [-0.39, 0.29) is 29.4 Å². The first kappa shape index (κ1) is 38.9. The van der Waals surface area contributed by atoms with Gasteiger partial charge in [-0.2, -0.15) is 0 Å². The predicted molar refractivity (Wildman–Crippen MR) is 203 cm³/mol. The molecule has 5 rings (SSSR count). The highest BCUT2D eigenvalue weighted by Gasteiger charge is 2.37. The number of ether oxygens (including phenoxy) is 5. The second-order valence-electron chi connectivity index (χ2n) is 15.4. The number of methoxy groups -OCH3 is 1. The summed E-state index contributed by atoms with van der Waals surface area (Å²) in [6.45, 7) is 17.0. The summed E-state index contributed by atoms with van der Waals surface area (Å²) < 4.78 is 29.7. The second kappa shape index (κ2) is 17.5. The highest BCUT2D eigenvalue weighted by atomic mass is 16.6. The third kappa shape index (κ3) is 10.6. The highest BCUT2D eigenvalue weighted by molar-refractivity contribution is 5.73. The van der Waals surface area contributed by atoms with E-state index in [2.05, 4.69) is 54.4 Å². The zero-order valence-corrected chi connectivity index (χ0v) is 32.0. The minimum absolute atomic E-state index is 0.00793. The molecule has 2 aliphatic rings. The second-order valence-corrected chi connectivity index (χ2v) is 15.4. The van der Waals surface area contributed by atoms with Crippen LogP contribution in [0.5, 0.6) is 11.5 Å². The first-order chi connectivity index (χ1) is 24.8. The van der Waals surface area contributed by atoms with Crippen LogP contribution in [-0.4, -0.2) is 81.7 Å². The molecule has 0 saturated carbocycles. The van der Waals surface area contributed by atoms with Crippen molar-refractivity contribution in [1.82, 2.24) is 10.2 Å². The molecule has 2 heterocycles. The van der Waals surface area contributed by atoms with Gasteiger partial charge in [0.2, 0.25) is 5.91 Å². The number of piperidine rings is 1. The summed E-state index contributed by atoms with van der Waals surface area (Å²) in [5.41, 5.74) is 5.17. The van der Waals surface area contributed by atoms with E-state index in [0.29, 0.717) is 46.1 Å². The van der Waals surface area contributed by atoms with Crippen LogP contribution in [0.4, 0.5) is 10.5 Å². The van der Waals surface area contributed by atoms with Crippen molar-refractivity contribution in [3.8, 4) is 11.5 Å². The van der Waals surface area contributed by atoms with Gasteiger partial charge in [0.15, 0.2) is 0 Å². The number of anilines is 1. The molecule has 10 nitrogen and oxygen atoms in total. The van der Waals surface area contributed by atoms with Crippen molar-refractivity contribution in [2.24, 2.45) is 0 Å². The fourth-order valence-electron chi connectivity index (χ4n) is 7.04. The van der Waals surface area contributed by atoms with Crippen molar-refractivity contribution >= 4 is 17.7 Å². The molecular weight excluding hydrogens is 658 g/mol. The van der Waals surface area contributed by atoms with Crippen LogP contribution in [0.25, 0.3) is 0 Å². The number of rotatable bonds is 15. The van der Waals surface area contributed by atoms with E-state index in [1.54, 1.807) is 18.9 Å². The number of hydrogen-bond donors (Lipinski definition) is 1. The van der Waals surface area contributed by atoms with E-state index in [1.807, 2.05) is 57.2 Å². The Morgan fingerprint density at radius 2 is 1.75 bits per heavy atom. The zero-order valence-electron chi connectivity index (χ0n) is 32.0. The lowest BCUT2D eigenvalue weighted by Gasteiger charge is -2.39. The number of fused-ring (bicyclic) bond motifs is 1. The molecule has 52 heavy (non-hydrogen) atoms. The summed E-state index contributed by atoms with van der Waals surface area (Å²) in [7, 11) is 1.67. The molecule has 3 aromatic rings. The Hall–Kier alpha value is -4.28. The van der Waals surface area contributed by atoms with E-state index in [1.165, 1.54) is 11.3 Å². The van der Waals surface area contributed by atoms with Crippen LogP contribution in [0.1, 0.15) is 82.6 Å². The van der Waals surface area contributed by atoms with E-state index in [0.717, 1.165) is 54.1 Å². The van der Waals surface area contributed by atoms with Gasteiger partial charge in [0, 0.05) is 62.1 Å². The van der Waals surface area contributed by atoms with Gasteiger partial charge in [-0.15, -0.1) is 0 Å². The van der Waals surface area contributed by atoms with Gasteiger partial charge in [0.25, 0.3) is 0 Å². The predicted octanol–water partition coefficient (Wildman–Crippen LogP) is 7.22. The van der Waals surface area contributed by atoms with Gasteiger partial charge in [-0.3, -0.25) is 4.79 Å². The minimum atomic E-state index is -0.578. The average Bonchev–Trinajstić information content (AvgIpc) is 3.36. The molecule has 1 saturated heterocycles. The first-order valence-electron chi connectivity index (χ1n) is 18.5. The Kier molecular flexibility index (Phi) is 13.1. The molecule has 0 spiro atoms. The number of amides is 2. The van der Waals surface area contributed by atoms with E-state index >= 15 is 0 Å². The lowest BCUT2D eigenvalue weighted by molar-refractivity contribution is -0.118. The number of likely N-dealkylation sites (tertiary alicyclic amines) is 1. The topological polar surface area (TPSA) is 98.8 Å². The maximum atomic E-state index is 13.1. The molecule has 2 aliphatic heterocycles. The largest absolute Gasteiger partial charge is 0.496 e. The molecule has 10 heteroatoms. The normalized spacial score (nSPS) is 18.1. The molecule has 0 bridgehead atoms. The highest BCUT2D eigenvalue weighted by Crippen LogP contribution is 2.41. The first-order valence-corrected chi connectivity index (χ1v) is 18.5. The Bertz CT molecular complexity index is 1640. The molecule has 0 radical (unpaired) electrons. The molecule has 1 N–H and O–H groups in total. The Balaban J connectivity index is 1.21. The van der Waals surface area contributed by atoms with Crippen LogP contribution in [0.3, 0.4) is 0 Å². The Morgan fingerprint density at radius 3 is 2.48 bits per heavy atom. The SMILES string of the molecule is COc1ccccc1COCCCOc1ccc(C2CCN(C(=O)OC(C)(C)C)CC2OCc2ccc3c(c2)N(CCNC(C)=O)CC3(C)C)cc1.